The molecule has 0 radical (unpaired) electrons. The van der Waals surface area contributed by atoms with E-state index in [2.05, 4.69) is 5.32 Å². The lowest BCUT2D eigenvalue weighted by atomic mass is 10.1. The predicted octanol–water partition coefficient (Wildman–Crippen LogP) is 1.91. The summed E-state index contributed by atoms with van der Waals surface area (Å²) in [6.07, 6.45) is -2.38. The van der Waals surface area contributed by atoms with Crippen LogP contribution in [0.3, 0.4) is 0 Å². The summed E-state index contributed by atoms with van der Waals surface area (Å²) < 4.78 is 49.9. The SMILES string of the molecule is O=C(NF)C(F)C(CF)Nc1ccc(F)cc1. The van der Waals surface area contributed by atoms with Crippen LogP contribution in [0.2, 0.25) is 0 Å². The fourth-order valence-corrected chi connectivity index (χ4v) is 1.18. The third kappa shape index (κ3) is 3.61. The molecule has 17 heavy (non-hydrogen) atoms. The van der Waals surface area contributed by atoms with E-state index in [-0.39, 0.29) is 5.69 Å². The van der Waals surface area contributed by atoms with Crippen molar-refractivity contribution in [2.24, 2.45) is 0 Å². The van der Waals surface area contributed by atoms with Gasteiger partial charge >= 0.3 is 0 Å². The molecule has 0 aliphatic rings. The summed E-state index contributed by atoms with van der Waals surface area (Å²) in [5.74, 6) is -2.08. The summed E-state index contributed by atoms with van der Waals surface area (Å²) in [6.45, 7) is -1.22. The summed E-state index contributed by atoms with van der Waals surface area (Å²) in [7, 11) is 0. The Morgan fingerprint density at radius 3 is 2.35 bits per heavy atom. The van der Waals surface area contributed by atoms with E-state index in [0.717, 1.165) is 12.1 Å². The van der Waals surface area contributed by atoms with Crippen LogP contribution in [0, 0.1) is 5.82 Å². The van der Waals surface area contributed by atoms with E-state index in [1.807, 2.05) is 0 Å². The fraction of sp³-hybridized carbons (Fsp3) is 0.300. The number of amides is 1. The van der Waals surface area contributed by atoms with Crippen molar-refractivity contribution in [3.8, 4) is 0 Å². The van der Waals surface area contributed by atoms with Gasteiger partial charge in [0.1, 0.15) is 12.5 Å². The number of alkyl halides is 2. The quantitative estimate of drug-likeness (QED) is 0.619. The average molecular weight is 250 g/mol. The Balaban J connectivity index is 2.69. The maximum Gasteiger partial charge on any atom is 0.284 e. The number of hydrogen-bond acceptors (Lipinski definition) is 2. The van der Waals surface area contributed by atoms with Gasteiger partial charge in [-0.1, -0.05) is 0 Å². The molecule has 2 unspecified atom stereocenters. The third-order valence-electron chi connectivity index (χ3n) is 2.06. The molecule has 0 saturated heterocycles. The van der Waals surface area contributed by atoms with E-state index in [0.29, 0.717) is 5.54 Å². The van der Waals surface area contributed by atoms with Gasteiger partial charge in [-0.2, -0.15) is 5.54 Å². The Morgan fingerprint density at radius 2 is 1.88 bits per heavy atom. The van der Waals surface area contributed by atoms with Crippen LogP contribution in [0.4, 0.5) is 23.3 Å². The van der Waals surface area contributed by atoms with Crippen molar-refractivity contribution in [2.45, 2.75) is 12.2 Å². The molecule has 0 heterocycles. The molecular weight excluding hydrogens is 240 g/mol. The van der Waals surface area contributed by atoms with Crippen LogP contribution in [-0.2, 0) is 4.79 Å². The maximum absolute atomic E-state index is 13.2. The van der Waals surface area contributed by atoms with Crippen LogP contribution in [0.1, 0.15) is 0 Å². The summed E-state index contributed by atoms with van der Waals surface area (Å²) in [6, 6.07) is 3.13. The van der Waals surface area contributed by atoms with E-state index in [9.17, 15) is 22.4 Å². The van der Waals surface area contributed by atoms with Crippen molar-refractivity contribution >= 4 is 11.6 Å². The standard InChI is InChI=1S/C10H10F4N2O/c11-5-8(9(13)10(17)16-14)15-7-3-1-6(12)2-4-7/h1-4,8-9,15H,5H2,(H,16,17). The van der Waals surface area contributed by atoms with E-state index in [1.54, 1.807) is 0 Å². The molecule has 1 aromatic rings. The van der Waals surface area contributed by atoms with Gasteiger partial charge in [-0.25, -0.2) is 13.2 Å². The predicted molar refractivity (Wildman–Crippen MR) is 53.9 cm³/mol. The number of anilines is 1. The van der Waals surface area contributed by atoms with Crippen molar-refractivity contribution in [3.63, 3.8) is 0 Å². The van der Waals surface area contributed by atoms with E-state index < -0.39 is 30.6 Å². The highest BCUT2D eigenvalue weighted by molar-refractivity contribution is 5.80. The molecule has 1 rings (SSSR count). The first-order valence-corrected chi connectivity index (χ1v) is 4.71. The van der Waals surface area contributed by atoms with Crippen LogP contribution < -0.4 is 10.9 Å². The second kappa shape index (κ2) is 6.07. The minimum atomic E-state index is -2.38. The zero-order valence-corrected chi connectivity index (χ0v) is 8.59. The molecule has 1 aromatic carbocycles. The largest absolute Gasteiger partial charge is 0.376 e. The van der Waals surface area contributed by atoms with Gasteiger partial charge in [-0.05, 0) is 24.3 Å². The highest BCUT2D eigenvalue weighted by Gasteiger charge is 2.28. The molecule has 0 fully saturated rings. The maximum atomic E-state index is 13.2. The number of hydrogen-bond donors (Lipinski definition) is 2. The van der Waals surface area contributed by atoms with Gasteiger partial charge < -0.3 is 5.32 Å². The van der Waals surface area contributed by atoms with Crippen molar-refractivity contribution in [1.82, 2.24) is 5.54 Å². The first kappa shape index (κ1) is 13.3. The number of benzene rings is 1. The van der Waals surface area contributed by atoms with Crippen LogP contribution in [0.25, 0.3) is 0 Å². The summed E-state index contributed by atoms with van der Waals surface area (Å²) in [4.78, 5) is 10.6. The smallest absolute Gasteiger partial charge is 0.284 e. The molecule has 0 aliphatic carbocycles. The monoisotopic (exact) mass is 250 g/mol. The van der Waals surface area contributed by atoms with E-state index in [1.165, 1.54) is 12.1 Å². The Bertz CT molecular complexity index is 371. The third-order valence-corrected chi connectivity index (χ3v) is 2.06. The number of nitrogens with one attached hydrogen (secondary N) is 2. The van der Waals surface area contributed by atoms with E-state index in [4.69, 9.17) is 0 Å². The van der Waals surface area contributed by atoms with Crippen molar-refractivity contribution in [3.05, 3.63) is 30.1 Å². The molecule has 1 amide bonds. The number of carbonyl (C=O) groups excluding carboxylic acids is 1. The Kier molecular flexibility index (Phi) is 4.74. The van der Waals surface area contributed by atoms with Crippen molar-refractivity contribution in [2.75, 3.05) is 12.0 Å². The van der Waals surface area contributed by atoms with Gasteiger partial charge in [0.15, 0.2) is 0 Å². The van der Waals surface area contributed by atoms with Gasteiger partial charge in [-0.3, -0.25) is 4.79 Å². The summed E-state index contributed by atoms with van der Waals surface area (Å²) in [5.41, 5.74) is 0.819. The van der Waals surface area contributed by atoms with Crippen LogP contribution in [-0.4, -0.2) is 24.8 Å². The minimum absolute atomic E-state index is 0.225. The molecule has 2 atom stereocenters. The second-order valence-corrected chi connectivity index (χ2v) is 3.27. The first-order valence-electron chi connectivity index (χ1n) is 4.71. The number of halogens is 4. The van der Waals surface area contributed by atoms with Crippen molar-refractivity contribution in [1.29, 1.82) is 0 Å². The number of carbonyl (C=O) groups is 1. The Labute approximate surface area is 94.7 Å². The molecule has 0 saturated carbocycles. The molecule has 94 valence electrons. The first-order chi connectivity index (χ1) is 8.08. The molecule has 2 N–H and O–H groups in total. The summed E-state index contributed by atoms with van der Waals surface area (Å²) >= 11 is 0. The molecule has 0 bridgehead atoms. The topological polar surface area (TPSA) is 41.1 Å². The second-order valence-electron chi connectivity index (χ2n) is 3.27. The molecule has 0 aliphatic heterocycles. The summed E-state index contributed by atoms with van der Waals surface area (Å²) in [5, 5.41) is 2.33. The number of rotatable bonds is 5. The highest BCUT2D eigenvalue weighted by atomic mass is 19.2. The van der Waals surface area contributed by atoms with Gasteiger partial charge in [0.2, 0.25) is 6.17 Å². The Hall–Kier alpha value is -1.79. The zero-order valence-electron chi connectivity index (χ0n) is 8.59. The lowest BCUT2D eigenvalue weighted by molar-refractivity contribution is -0.130. The molecular formula is C10H10F4N2O. The molecule has 7 heteroatoms. The normalized spacial score (nSPS) is 13.9. The molecule has 0 aromatic heterocycles. The van der Waals surface area contributed by atoms with Crippen molar-refractivity contribution < 1.29 is 22.4 Å². The minimum Gasteiger partial charge on any atom is -0.376 e. The fourth-order valence-electron chi connectivity index (χ4n) is 1.18. The Morgan fingerprint density at radius 1 is 1.29 bits per heavy atom. The van der Waals surface area contributed by atoms with Gasteiger partial charge in [0, 0.05) is 5.69 Å². The van der Waals surface area contributed by atoms with Gasteiger partial charge in [0.25, 0.3) is 5.91 Å². The van der Waals surface area contributed by atoms with Crippen LogP contribution >= 0.6 is 0 Å². The highest BCUT2D eigenvalue weighted by Crippen LogP contribution is 2.13. The zero-order chi connectivity index (χ0) is 12.8. The molecule has 3 nitrogen and oxygen atoms in total. The van der Waals surface area contributed by atoms with Crippen LogP contribution in [0.5, 0.6) is 0 Å². The molecule has 0 spiro atoms. The lowest BCUT2D eigenvalue weighted by Gasteiger charge is -2.18. The van der Waals surface area contributed by atoms with Gasteiger partial charge in [0.05, 0.1) is 6.04 Å². The lowest BCUT2D eigenvalue weighted by Crippen LogP contribution is -2.42. The van der Waals surface area contributed by atoms with E-state index >= 15 is 0 Å². The van der Waals surface area contributed by atoms with Gasteiger partial charge in [-0.15, -0.1) is 4.48 Å². The average Bonchev–Trinajstić information content (AvgIpc) is 2.36. The van der Waals surface area contributed by atoms with Crippen LogP contribution in [0.15, 0.2) is 24.3 Å².